The van der Waals surface area contributed by atoms with E-state index in [0.717, 1.165) is 16.5 Å². The maximum absolute atomic E-state index is 12.1. The van der Waals surface area contributed by atoms with Crippen LogP contribution in [0.2, 0.25) is 5.02 Å². The highest BCUT2D eigenvalue weighted by Gasteiger charge is 2.19. The summed E-state index contributed by atoms with van der Waals surface area (Å²) in [6.45, 7) is 0. The number of hydrazone groups is 1. The predicted molar refractivity (Wildman–Crippen MR) is 104 cm³/mol. The summed E-state index contributed by atoms with van der Waals surface area (Å²) in [5, 5.41) is 25.0. The van der Waals surface area contributed by atoms with E-state index in [1.165, 1.54) is 31.2 Å². The standard InChI is InChI=1S/C17H16ClN3O5S/c1-26-14-6-10(5-13(17(14)23)21(24)25)9-19-20-16(22)8-11-7-12(18)3-4-15(11)27-2/h3-7,9,23H,8H2,1-2H3,(H,20,22)/b19-9-. The monoisotopic (exact) mass is 409 g/mol. The number of hydrogen-bond donors (Lipinski definition) is 2. The molecule has 2 aromatic rings. The van der Waals surface area contributed by atoms with Crippen molar-refractivity contribution in [3.8, 4) is 11.5 Å². The van der Waals surface area contributed by atoms with Crippen LogP contribution in [0.1, 0.15) is 11.1 Å². The molecule has 27 heavy (non-hydrogen) atoms. The Labute approximate surface area is 164 Å². The Hall–Kier alpha value is -2.78. The van der Waals surface area contributed by atoms with Crippen molar-refractivity contribution in [3.63, 3.8) is 0 Å². The van der Waals surface area contributed by atoms with Gasteiger partial charge in [0.25, 0.3) is 0 Å². The number of amides is 1. The molecule has 2 aromatic carbocycles. The fourth-order valence-corrected chi connectivity index (χ4v) is 3.05. The SMILES string of the molecule is COc1cc(/C=N\NC(=O)Cc2cc(Cl)ccc2SC)cc([N+](=O)[O-])c1O. The molecule has 0 heterocycles. The second kappa shape index (κ2) is 9.24. The molecule has 0 aliphatic rings. The van der Waals surface area contributed by atoms with E-state index in [0.29, 0.717) is 5.02 Å². The summed E-state index contributed by atoms with van der Waals surface area (Å²) in [5.74, 6) is -1.01. The summed E-state index contributed by atoms with van der Waals surface area (Å²) in [4.78, 5) is 23.3. The number of nitrogens with one attached hydrogen (secondary N) is 1. The van der Waals surface area contributed by atoms with E-state index >= 15 is 0 Å². The highest BCUT2D eigenvalue weighted by atomic mass is 35.5. The fourth-order valence-electron chi connectivity index (χ4n) is 2.26. The number of phenols is 1. The van der Waals surface area contributed by atoms with E-state index in [-0.39, 0.29) is 23.6 Å². The second-order valence-corrected chi connectivity index (χ2v) is 6.56. The first-order valence-electron chi connectivity index (χ1n) is 7.55. The molecule has 0 aliphatic heterocycles. The average molecular weight is 410 g/mol. The Morgan fingerprint density at radius 1 is 1.44 bits per heavy atom. The smallest absolute Gasteiger partial charge is 0.315 e. The van der Waals surface area contributed by atoms with Gasteiger partial charge in [-0.2, -0.15) is 5.10 Å². The van der Waals surface area contributed by atoms with Gasteiger partial charge in [0.05, 0.1) is 24.7 Å². The van der Waals surface area contributed by atoms with Gasteiger partial charge in [-0.1, -0.05) is 11.6 Å². The number of methoxy groups -OCH3 is 1. The van der Waals surface area contributed by atoms with Crippen LogP contribution in [0.4, 0.5) is 5.69 Å². The molecule has 2 rings (SSSR count). The Bertz CT molecular complexity index is 904. The van der Waals surface area contributed by atoms with Gasteiger partial charge in [-0.3, -0.25) is 14.9 Å². The van der Waals surface area contributed by atoms with Gasteiger partial charge in [-0.25, -0.2) is 5.43 Å². The van der Waals surface area contributed by atoms with E-state index in [1.807, 2.05) is 12.3 Å². The maximum Gasteiger partial charge on any atom is 0.315 e. The lowest BCUT2D eigenvalue weighted by Crippen LogP contribution is -2.20. The van der Waals surface area contributed by atoms with Crippen LogP contribution in [-0.4, -0.2) is 35.5 Å². The largest absolute Gasteiger partial charge is 0.500 e. The van der Waals surface area contributed by atoms with E-state index in [1.54, 1.807) is 12.1 Å². The zero-order valence-electron chi connectivity index (χ0n) is 14.4. The van der Waals surface area contributed by atoms with E-state index in [4.69, 9.17) is 16.3 Å². The number of rotatable bonds is 7. The molecular formula is C17H16ClN3O5S. The Balaban J connectivity index is 2.11. The van der Waals surface area contributed by atoms with Crippen molar-refractivity contribution in [3.05, 3.63) is 56.6 Å². The summed E-state index contributed by atoms with van der Waals surface area (Å²) < 4.78 is 4.90. The number of hydrogen-bond acceptors (Lipinski definition) is 7. The van der Waals surface area contributed by atoms with Crippen LogP contribution in [0.25, 0.3) is 0 Å². The molecule has 2 N–H and O–H groups in total. The molecule has 1 amide bonds. The van der Waals surface area contributed by atoms with Crippen LogP contribution >= 0.6 is 23.4 Å². The minimum absolute atomic E-state index is 0.0690. The molecule has 0 atom stereocenters. The summed E-state index contributed by atoms with van der Waals surface area (Å²) in [6.07, 6.45) is 3.20. The summed E-state index contributed by atoms with van der Waals surface area (Å²) in [6, 6.07) is 7.78. The van der Waals surface area contributed by atoms with Crippen molar-refractivity contribution in [1.29, 1.82) is 0 Å². The van der Waals surface area contributed by atoms with Gasteiger partial charge in [0.15, 0.2) is 5.75 Å². The number of carbonyl (C=O) groups excluding carboxylic acids is 1. The van der Waals surface area contributed by atoms with E-state index < -0.39 is 16.4 Å². The van der Waals surface area contributed by atoms with Gasteiger partial charge in [-0.15, -0.1) is 11.8 Å². The molecule has 0 bridgehead atoms. The highest BCUT2D eigenvalue weighted by Crippen LogP contribution is 2.36. The number of carbonyl (C=O) groups is 1. The minimum Gasteiger partial charge on any atom is -0.500 e. The average Bonchev–Trinajstić information content (AvgIpc) is 2.62. The highest BCUT2D eigenvalue weighted by molar-refractivity contribution is 7.98. The molecule has 0 aliphatic carbocycles. The topological polar surface area (TPSA) is 114 Å². The number of phenolic OH excluding ortho intramolecular Hbond substituents is 1. The lowest BCUT2D eigenvalue weighted by Gasteiger charge is -2.07. The number of nitrogens with zero attached hydrogens (tertiary/aromatic N) is 2. The number of benzene rings is 2. The van der Waals surface area contributed by atoms with Crippen LogP contribution in [-0.2, 0) is 11.2 Å². The summed E-state index contributed by atoms with van der Waals surface area (Å²) >= 11 is 7.46. The number of ether oxygens (including phenoxy) is 1. The molecule has 0 saturated carbocycles. The minimum atomic E-state index is -0.739. The van der Waals surface area contributed by atoms with Crippen molar-refractivity contribution in [2.24, 2.45) is 5.10 Å². The molecule has 8 nitrogen and oxygen atoms in total. The summed E-state index contributed by atoms with van der Waals surface area (Å²) in [5.41, 5.74) is 2.88. The van der Waals surface area contributed by atoms with Gasteiger partial charge < -0.3 is 9.84 Å². The van der Waals surface area contributed by atoms with E-state index in [2.05, 4.69) is 10.5 Å². The van der Waals surface area contributed by atoms with Crippen LogP contribution < -0.4 is 10.2 Å². The predicted octanol–water partition coefficient (Wildman–Crippen LogP) is 3.38. The van der Waals surface area contributed by atoms with Crippen molar-refractivity contribution >= 4 is 41.2 Å². The Kier molecular flexibility index (Phi) is 7.03. The molecule has 0 unspecified atom stereocenters. The Morgan fingerprint density at radius 2 is 2.19 bits per heavy atom. The number of halogens is 1. The molecule has 142 valence electrons. The molecule has 0 saturated heterocycles. The van der Waals surface area contributed by atoms with E-state index in [9.17, 15) is 20.0 Å². The molecule has 10 heteroatoms. The van der Waals surface area contributed by atoms with Crippen molar-refractivity contribution in [1.82, 2.24) is 5.43 Å². The maximum atomic E-state index is 12.1. The molecule has 0 radical (unpaired) electrons. The molecule has 0 spiro atoms. The molecule has 0 aromatic heterocycles. The Morgan fingerprint density at radius 3 is 2.81 bits per heavy atom. The third kappa shape index (κ3) is 5.35. The number of thioether (sulfide) groups is 1. The number of nitro groups is 1. The van der Waals surface area contributed by atoms with Gasteiger partial charge in [0, 0.05) is 21.5 Å². The fraction of sp³-hybridized carbons (Fsp3) is 0.176. The zero-order chi connectivity index (χ0) is 20.0. The normalized spacial score (nSPS) is 10.8. The van der Waals surface area contributed by atoms with Gasteiger partial charge in [0.2, 0.25) is 11.7 Å². The van der Waals surface area contributed by atoms with Crippen LogP contribution in [0.3, 0.4) is 0 Å². The lowest BCUT2D eigenvalue weighted by atomic mass is 10.1. The van der Waals surface area contributed by atoms with Gasteiger partial charge >= 0.3 is 5.69 Å². The quantitative estimate of drug-likeness (QED) is 0.313. The van der Waals surface area contributed by atoms with Crippen molar-refractivity contribution < 1.29 is 19.6 Å². The third-order valence-electron chi connectivity index (χ3n) is 3.49. The second-order valence-electron chi connectivity index (χ2n) is 5.27. The number of aromatic hydroxyl groups is 1. The summed E-state index contributed by atoms with van der Waals surface area (Å²) in [7, 11) is 1.27. The first-order valence-corrected chi connectivity index (χ1v) is 9.15. The van der Waals surface area contributed by atoms with Crippen LogP contribution in [0.15, 0.2) is 40.3 Å². The molecule has 0 fully saturated rings. The van der Waals surface area contributed by atoms with Gasteiger partial charge in [0.1, 0.15) is 0 Å². The van der Waals surface area contributed by atoms with Crippen LogP contribution in [0, 0.1) is 10.1 Å². The van der Waals surface area contributed by atoms with Crippen molar-refractivity contribution in [2.75, 3.05) is 13.4 Å². The van der Waals surface area contributed by atoms with Gasteiger partial charge in [-0.05, 0) is 36.1 Å². The third-order valence-corrected chi connectivity index (χ3v) is 4.56. The molecular weight excluding hydrogens is 394 g/mol. The number of nitro benzene ring substituents is 1. The van der Waals surface area contributed by atoms with Crippen molar-refractivity contribution in [2.45, 2.75) is 11.3 Å². The lowest BCUT2D eigenvalue weighted by molar-refractivity contribution is -0.386. The first-order chi connectivity index (χ1) is 12.8. The van der Waals surface area contributed by atoms with Crippen LogP contribution in [0.5, 0.6) is 11.5 Å². The first kappa shape index (κ1) is 20.5. The zero-order valence-corrected chi connectivity index (χ0v) is 16.0.